The summed E-state index contributed by atoms with van der Waals surface area (Å²) in [6, 6.07) is -1.42. The molecular formula is C13H24N2O4. The number of hydrogen-bond donors (Lipinski definition) is 4. The Balaban J connectivity index is 2.47. The maximum Gasteiger partial charge on any atom is 0.326 e. The average molecular weight is 272 g/mol. The van der Waals surface area contributed by atoms with Crippen molar-refractivity contribution in [3.8, 4) is 0 Å². The van der Waals surface area contributed by atoms with E-state index in [0.717, 1.165) is 12.8 Å². The highest BCUT2D eigenvalue weighted by atomic mass is 16.4. The van der Waals surface area contributed by atoms with Crippen LogP contribution in [-0.2, 0) is 4.79 Å². The van der Waals surface area contributed by atoms with Gasteiger partial charge in [-0.3, -0.25) is 0 Å². The average Bonchev–Trinajstić information content (AvgIpc) is 2.34. The molecule has 0 aliphatic heterocycles. The minimum absolute atomic E-state index is 0.0133. The van der Waals surface area contributed by atoms with Gasteiger partial charge in [-0.1, -0.05) is 26.7 Å². The highest BCUT2D eigenvalue weighted by molar-refractivity contribution is 5.82. The van der Waals surface area contributed by atoms with Crippen LogP contribution in [0.4, 0.5) is 4.79 Å². The second kappa shape index (κ2) is 7.33. The predicted octanol–water partition coefficient (Wildman–Crippen LogP) is 0.946. The van der Waals surface area contributed by atoms with E-state index in [1.54, 1.807) is 0 Å². The number of carbonyl (C=O) groups excluding carboxylic acids is 1. The molecule has 0 aromatic carbocycles. The summed E-state index contributed by atoms with van der Waals surface area (Å²) >= 11 is 0. The molecule has 0 saturated heterocycles. The fourth-order valence-electron chi connectivity index (χ4n) is 2.54. The quantitative estimate of drug-likeness (QED) is 0.598. The van der Waals surface area contributed by atoms with Crippen molar-refractivity contribution in [2.45, 2.75) is 51.6 Å². The molecule has 0 spiro atoms. The molecule has 110 valence electrons. The summed E-state index contributed by atoms with van der Waals surface area (Å²) in [5.41, 5.74) is 0. The van der Waals surface area contributed by atoms with Crippen molar-refractivity contribution in [1.29, 1.82) is 0 Å². The van der Waals surface area contributed by atoms with Gasteiger partial charge >= 0.3 is 12.0 Å². The number of aliphatic hydroxyl groups is 1. The lowest BCUT2D eigenvalue weighted by molar-refractivity contribution is -0.139. The van der Waals surface area contributed by atoms with Crippen molar-refractivity contribution < 1.29 is 19.8 Å². The van der Waals surface area contributed by atoms with Gasteiger partial charge in [-0.15, -0.1) is 0 Å². The van der Waals surface area contributed by atoms with Crippen molar-refractivity contribution in [2.75, 3.05) is 6.61 Å². The van der Waals surface area contributed by atoms with E-state index in [9.17, 15) is 9.59 Å². The van der Waals surface area contributed by atoms with E-state index in [-0.39, 0.29) is 19.1 Å². The summed E-state index contributed by atoms with van der Waals surface area (Å²) in [5, 5.41) is 22.9. The third kappa shape index (κ3) is 4.70. The number of urea groups is 1. The maximum absolute atomic E-state index is 11.8. The molecule has 1 rings (SSSR count). The monoisotopic (exact) mass is 272 g/mol. The Kier molecular flexibility index (Phi) is 6.08. The van der Waals surface area contributed by atoms with E-state index in [4.69, 9.17) is 10.2 Å². The molecule has 2 amide bonds. The topological polar surface area (TPSA) is 98.7 Å². The van der Waals surface area contributed by atoms with Crippen LogP contribution in [0.2, 0.25) is 0 Å². The van der Waals surface area contributed by atoms with E-state index >= 15 is 0 Å². The van der Waals surface area contributed by atoms with Gasteiger partial charge in [0.1, 0.15) is 6.04 Å². The summed E-state index contributed by atoms with van der Waals surface area (Å²) in [6.45, 7) is 4.01. The van der Waals surface area contributed by atoms with Gasteiger partial charge in [0.2, 0.25) is 0 Å². The summed E-state index contributed by atoms with van der Waals surface area (Å²) in [4.78, 5) is 22.7. The predicted molar refractivity (Wildman–Crippen MR) is 70.8 cm³/mol. The lowest BCUT2D eigenvalue weighted by atomic mass is 9.78. The molecule has 1 aliphatic rings. The van der Waals surface area contributed by atoms with Gasteiger partial charge in [0.05, 0.1) is 0 Å². The molecule has 0 bridgehead atoms. The number of amides is 2. The molecule has 1 aliphatic carbocycles. The lowest BCUT2D eigenvalue weighted by Crippen LogP contribution is -2.52. The molecular weight excluding hydrogens is 248 g/mol. The number of carboxylic acid groups (broad SMARTS) is 1. The maximum atomic E-state index is 11.8. The minimum atomic E-state index is -1.13. The number of rotatable bonds is 5. The summed E-state index contributed by atoms with van der Waals surface area (Å²) in [7, 11) is 0. The molecule has 4 N–H and O–H groups in total. The Morgan fingerprint density at radius 1 is 1.32 bits per heavy atom. The van der Waals surface area contributed by atoms with E-state index in [1.165, 1.54) is 6.42 Å². The third-order valence-corrected chi connectivity index (χ3v) is 4.04. The van der Waals surface area contributed by atoms with E-state index in [1.807, 2.05) is 0 Å². The number of aliphatic carboxylic acids is 1. The first-order valence-electron chi connectivity index (χ1n) is 6.86. The molecule has 0 heterocycles. The highest BCUT2D eigenvalue weighted by Crippen LogP contribution is 2.29. The van der Waals surface area contributed by atoms with Crippen molar-refractivity contribution in [3.63, 3.8) is 0 Å². The Hall–Kier alpha value is -1.30. The fraction of sp³-hybridized carbons (Fsp3) is 0.846. The number of carboxylic acids is 1. The Morgan fingerprint density at radius 2 is 2.00 bits per heavy atom. The van der Waals surface area contributed by atoms with E-state index in [2.05, 4.69) is 24.5 Å². The zero-order valence-electron chi connectivity index (χ0n) is 11.6. The third-order valence-electron chi connectivity index (χ3n) is 4.04. The second-order valence-electron chi connectivity index (χ2n) is 5.39. The van der Waals surface area contributed by atoms with E-state index < -0.39 is 18.0 Å². The van der Waals surface area contributed by atoms with Gasteiger partial charge in [0, 0.05) is 19.1 Å². The second-order valence-corrected chi connectivity index (χ2v) is 5.39. The van der Waals surface area contributed by atoms with Gasteiger partial charge in [-0.2, -0.15) is 0 Å². The zero-order valence-corrected chi connectivity index (χ0v) is 11.6. The molecule has 0 aromatic rings. The van der Waals surface area contributed by atoms with Crippen LogP contribution in [0.3, 0.4) is 0 Å². The molecule has 1 saturated carbocycles. The van der Waals surface area contributed by atoms with Gasteiger partial charge in [0.25, 0.3) is 0 Å². The van der Waals surface area contributed by atoms with Crippen LogP contribution < -0.4 is 10.6 Å². The van der Waals surface area contributed by atoms with Crippen LogP contribution >= 0.6 is 0 Å². The first-order valence-corrected chi connectivity index (χ1v) is 6.86. The molecule has 0 radical (unpaired) electrons. The highest BCUT2D eigenvalue weighted by Gasteiger charge is 2.29. The lowest BCUT2D eigenvalue weighted by Gasteiger charge is -2.34. The molecule has 6 heteroatoms. The minimum Gasteiger partial charge on any atom is -0.480 e. The standard InChI is InChI=1S/C13H24N2O4/c1-8-4-3-5-10(9(8)2)14-13(19)15-11(6-7-16)12(17)18/h8-11,16H,3-7H2,1-2H3,(H,17,18)(H2,14,15,19). The molecule has 4 unspecified atom stereocenters. The molecule has 19 heavy (non-hydrogen) atoms. The Bertz CT molecular complexity index is 322. The van der Waals surface area contributed by atoms with Crippen LogP contribution in [0.25, 0.3) is 0 Å². The van der Waals surface area contributed by atoms with Crippen molar-refractivity contribution in [2.24, 2.45) is 11.8 Å². The largest absolute Gasteiger partial charge is 0.480 e. The van der Waals surface area contributed by atoms with Crippen LogP contribution in [0.1, 0.15) is 39.5 Å². The van der Waals surface area contributed by atoms with Crippen LogP contribution in [0.5, 0.6) is 0 Å². The normalized spacial score (nSPS) is 28.5. The number of nitrogens with one attached hydrogen (secondary N) is 2. The first kappa shape index (κ1) is 15.8. The first-order chi connectivity index (χ1) is 8.95. The Labute approximate surface area is 113 Å². The van der Waals surface area contributed by atoms with Gasteiger partial charge in [-0.05, 0) is 18.3 Å². The van der Waals surface area contributed by atoms with E-state index in [0.29, 0.717) is 11.8 Å². The molecule has 4 atom stereocenters. The Morgan fingerprint density at radius 3 is 2.58 bits per heavy atom. The van der Waals surface area contributed by atoms with Gasteiger partial charge < -0.3 is 20.8 Å². The number of hydrogen-bond acceptors (Lipinski definition) is 3. The molecule has 0 aromatic heterocycles. The van der Waals surface area contributed by atoms with Crippen LogP contribution in [0.15, 0.2) is 0 Å². The number of carbonyl (C=O) groups is 2. The van der Waals surface area contributed by atoms with Gasteiger partial charge in [-0.25, -0.2) is 9.59 Å². The summed E-state index contributed by atoms with van der Waals surface area (Å²) in [5.74, 6) is -0.179. The van der Waals surface area contributed by atoms with Crippen LogP contribution in [-0.4, -0.2) is 40.9 Å². The smallest absolute Gasteiger partial charge is 0.326 e. The van der Waals surface area contributed by atoms with Crippen molar-refractivity contribution >= 4 is 12.0 Å². The SMILES string of the molecule is CC1CCCC(NC(=O)NC(CCO)C(=O)O)C1C. The fourth-order valence-corrected chi connectivity index (χ4v) is 2.54. The van der Waals surface area contributed by atoms with Gasteiger partial charge in [0.15, 0.2) is 0 Å². The summed E-state index contributed by atoms with van der Waals surface area (Å²) in [6.07, 6.45) is 3.19. The van der Waals surface area contributed by atoms with Crippen LogP contribution in [0, 0.1) is 11.8 Å². The molecule has 1 fully saturated rings. The zero-order chi connectivity index (χ0) is 14.4. The number of aliphatic hydroxyl groups excluding tert-OH is 1. The summed E-state index contributed by atoms with van der Waals surface area (Å²) < 4.78 is 0. The van der Waals surface area contributed by atoms with Crippen molar-refractivity contribution in [3.05, 3.63) is 0 Å². The van der Waals surface area contributed by atoms with Crippen molar-refractivity contribution in [1.82, 2.24) is 10.6 Å². The molecule has 6 nitrogen and oxygen atoms in total.